The van der Waals surface area contributed by atoms with E-state index in [1.807, 2.05) is 0 Å². The molecule has 1 unspecified atom stereocenters. The Morgan fingerprint density at radius 3 is 2.57 bits per heavy atom. The number of piperazine rings is 1. The summed E-state index contributed by atoms with van der Waals surface area (Å²) in [5.41, 5.74) is 5.52. The molecule has 2 amide bonds. The summed E-state index contributed by atoms with van der Waals surface area (Å²) in [5, 5.41) is 1.92. The highest BCUT2D eigenvalue weighted by Gasteiger charge is 2.40. The molecule has 0 bridgehead atoms. The number of rotatable bonds is 2. The second-order valence-corrected chi connectivity index (χ2v) is 7.06. The molecule has 1 aliphatic heterocycles. The molecule has 114 valence electrons. The van der Waals surface area contributed by atoms with Crippen LogP contribution in [0.25, 0.3) is 0 Å². The van der Waals surface area contributed by atoms with Crippen LogP contribution in [0.2, 0.25) is 10.0 Å². The van der Waals surface area contributed by atoms with Gasteiger partial charge in [-0.3, -0.25) is 14.9 Å². The Morgan fingerprint density at radius 1 is 1.33 bits per heavy atom. The summed E-state index contributed by atoms with van der Waals surface area (Å²) in [7, 11) is -4.17. The molecule has 0 aliphatic carbocycles. The molecule has 0 spiro atoms. The highest BCUT2D eigenvalue weighted by atomic mass is 35.5. The van der Waals surface area contributed by atoms with Gasteiger partial charge in [0.05, 0.1) is 22.3 Å². The predicted molar refractivity (Wildman–Crippen MR) is 77.4 cm³/mol. The molecule has 1 atom stereocenters. The van der Waals surface area contributed by atoms with E-state index in [0.29, 0.717) is 0 Å². The van der Waals surface area contributed by atoms with Crippen molar-refractivity contribution in [3.63, 3.8) is 0 Å². The average molecular weight is 352 g/mol. The third-order valence-corrected chi connectivity index (χ3v) is 5.86. The molecule has 1 saturated heterocycles. The summed E-state index contributed by atoms with van der Waals surface area (Å²) in [6, 6.07) is 1.42. The second-order valence-electron chi connectivity index (χ2n) is 4.41. The van der Waals surface area contributed by atoms with Crippen molar-refractivity contribution in [1.82, 2.24) is 9.62 Å². The molecule has 1 heterocycles. The number of imide groups is 1. The van der Waals surface area contributed by atoms with Gasteiger partial charge in [0, 0.05) is 0 Å². The number of sulfonamides is 1. The van der Waals surface area contributed by atoms with Crippen LogP contribution in [-0.4, -0.2) is 37.1 Å². The van der Waals surface area contributed by atoms with Gasteiger partial charge in [0.1, 0.15) is 10.9 Å². The first-order valence-electron chi connectivity index (χ1n) is 5.75. The van der Waals surface area contributed by atoms with Crippen molar-refractivity contribution in [2.45, 2.75) is 17.9 Å². The Kier molecular flexibility index (Phi) is 4.16. The molecular weight excluding hydrogens is 341 g/mol. The van der Waals surface area contributed by atoms with E-state index in [2.05, 4.69) is 5.32 Å². The first kappa shape index (κ1) is 16.0. The van der Waals surface area contributed by atoms with Gasteiger partial charge in [0.25, 0.3) is 0 Å². The van der Waals surface area contributed by atoms with E-state index in [1.165, 1.54) is 19.1 Å². The number of halogens is 2. The first-order valence-corrected chi connectivity index (χ1v) is 7.95. The quantitative estimate of drug-likeness (QED) is 0.599. The third-order valence-electron chi connectivity index (χ3n) is 3.05. The Balaban J connectivity index is 2.54. The van der Waals surface area contributed by atoms with Gasteiger partial charge < -0.3 is 5.73 Å². The van der Waals surface area contributed by atoms with Gasteiger partial charge in [-0.15, -0.1) is 0 Å². The molecule has 7 nitrogen and oxygen atoms in total. The molecule has 1 aromatic rings. The second kappa shape index (κ2) is 5.45. The molecule has 1 aliphatic rings. The zero-order chi connectivity index (χ0) is 15.9. The normalized spacial score (nSPS) is 20.4. The number of nitrogens with two attached hydrogens (primary N) is 1. The summed E-state index contributed by atoms with van der Waals surface area (Å²) in [5.74, 6) is -1.41. The minimum Gasteiger partial charge on any atom is -0.396 e. The minimum absolute atomic E-state index is 0.0835. The van der Waals surface area contributed by atoms with E-state index < -0.39 is 34.4 Å². The van der Waals surface area contributed by atoms with Gasteiger partial charge in [-0.1, -0.05) is 23.2 Å². The van der Waals surface area contributed by atoms with Crippen molar-refractivity contribution >= 4 is 50.7 Å². The zero-order valence-corrected chi connectivity index (χ0v) is 13.1. The first-order chi connectivity index (χ1) is 9.66. The number of hydrogen-bond donors (Lipinski definition) is 2. The topological polar surface area (TPSA) is 110 Å². The van der Waals surface area contributed by atoms with Crippen molar-refractivity contribution < 1.29 is 18.0 Å². The van der Waals surface area contributed by atoms with E-state index in [9.17, 15) is 18.0 Å². The molecular formula is C11H11Cl2N3O4S. The Bertz CT molecular complexity index is 735. The number of carbonyl (C=O) groups excluding carboxylic acids is 2. The molecule has 0 aromatic heterocycles. The van der Waals surface area contributed by atoms with Crippen LogP contribution >= 0.6 is 23.2 Å². The number of amides is 2. The molecule has 2 rings (SSSR count). The van der Waals surface area contributed by atoms with E-state index >= 15 is 0 Å². The maximum atomic E-state index is 12.6. The standard InChI is InChI=1S/C11H11Cl2N3O4S/c1-5-11(18)15-8(17)4-16(5)21(19,20)7-3-2-6(12)10(14)9(7)13/h2-3,5H,4,14H2,1H3,(H,15,17,18). The Labute approximate surface area is 131 Å². The van der Waals surface area contributed by atoms with Crippen molar-refractivity contribution in [3.8, 4) is 0 Å². The van der Waals surface area contributed by atoms with E-state index in [0.717, 1.165) is 4.31 Å². The van der Waals surface area contributed by atoms with Crippen LogP contribution < -0.4 is 11.1 Å². The maximum Gasteiger partial charge on any atom is 0.245 e. The van der Waals surface area contributed by atoms with Crippen molar-refractivity contribution in [3.05, 3.63) is 22.2 Å². The van der Waals surface area contributed by atoms with Crippen LogP contribution in [0.15, 0.2) is 17.0 Å². The Hall–Kier alpha value is -1.35. The minimum atomic E-state index is -4.17. The average Bonchev–Trinajstić information content (AvgIpc) is 2.39. The van der Waals surface area contributed by atoms with Gasteiger partial charge in [0.2, 0.25) is 21.8 Å². The lowest BCUT2D eigenvalue weighted by molar-refractivity contribution is -0.136. The van der Waals surface area contributed by atoms with Crippen LogP contribution in [0.3, 0.4) is 0 Å². The summed E-state index contributed by atoms with van der Waals surface area (Å²) < 4.78 is 25.9. The lowest BCUT2D eigenvalue weighted by Gasteiger charge is -2.31. The fraction of sp³-hybridized carbons (Fsp3) is 0.273. The molecule has 0 radical (unpaired) electrons. The molecule has 1 aromatic carbocycles. The zero-order valence-electron chi connectivity index (χ0n) is 10.8. The molecule has 21 heavy (non-hydrogen) atoms. The number of benzene rings is 1. The van der Waals surface area contributed by atoms with Gasteiger partial charge in [-0.05, 0) is 19.1 Å². The van der Waals surface area contributed by atoms with Gasteiger partial charge in [-0.25, -0.2) is 8.42 Å². The fourth-order valence-electron chi connectivity index (χ4n) is 1.86. The number of carbonyl (C=O) groups is 2. The van der Waals surface area contributed by atoms with Gasteiger partial charge in [-0.2, -0.15) is 4.31 Å². The van der Waals surface area contributed by atoms with Crippen LogP contribution in [0.1, 0.15) is 6.92 Å². The van der Waals surface area contributed by atoms with Crippen LogP contribution in [0.5, 0.6) is 0 Å². The number of nitrogens with zero attached hydrogens (tertiary/aromatic N) is 1. The van der Waals surface area contributed by atoms with Crippen LogP contribution in [0, 0.1) is 0 Å². The van der Waals surface area contributed by atoms with Gasteiger partial charge in [0.15, 0.2) is 0 Å². The number of anilines is 1. The smallest absolute Gasteiger partial charge is 0.245 e. The number of hydrogen-bond acceptors (Lipinski definition) is 5. The van der Waals surface area contributed by atoms with Crippen molar-refractivity contribution in [2.24, 2.45) is 0 Å². The van der Waals surface area contributed by atoms with E-state index in [4.69, 9.17) is 28.9 Å². The number of nitrogen functional groups attached to an aromatic ring is 1. The molecule has 3 N–H and O–H groups in total. The monoisotopic (exact) mass is 351 g/mol. The van der Waals surface area contributed by atoms with Crippen LogP contribution in [0.4, 0.5) is 5.69 Å². The summed E-state index contributed by atoms with van der Waals surface area (Å²) >= 11 is 11.7. The van der Waals surface area contributed by atoms with Crippen molar-refractivity contribution in [1.29, 1.82) is 0 Å². The third kappa shape index (κ3) is 2.71. The highest BCUT2D eigenvalue weighted by Crippen LogP contribution is 2.35. The van der Waals surface area contributed by atoms with Gasteiger partial charge >= 0.3 is 0 Å². The summed E-state index contributed by atoms with van der Waals surface area (Å²) in [6.07, 6.45) is 0. The largest absolute Gasteiger partial charge is 0.396 e. The summed E-state index contributed by atoms with van der Waals surface area (Å²) in [4.78, 5) is 22.7. The van der Waals surface area contributed by atoms with E-state index in [-0.39, 0.29) is 20.6 Å². The number of nitrogens with one attached hydrogen (secondary N) is 1. The SMILES string of the molecule is CC1C(=O)NC(=O)CN1S(=O)(=O)c1ccc(Cl)c(N)c1Cl. The Morgan fingerprint density at radius 2 is 1.95 bits per heavy atom. The van der Waals surface area contributed by atoms with Crippen molar-refractivity contribution in [2.75, 3.05) is 12.3 Å². The molecule has 0 saturated carbocycles. The lowest BCUT2D eigenvalue weighted by atomic mass is 10.2. The highest BCUT2D eigenvalue weighted by molar-refractivity contribution is 7.89. The van der Waals surface area contributed by atoms with Crippen LogP contribution in [-0.2, 0) is 19.6 Å². The maximum absolute atomic E-state index is 12.6. The summed E-state index contributed by atoms with van der Waals surface area (Å²) in [6.45, 7) is 0.889. The molecule has 10 heteroatoms. The van der Waals surface area contributed by atoms with E-state index in [1.54, 1.807) is 0 Å². The lowest BCUT2D eigenvalue weighted by Crippen LogP contribution is -2.58. The molecule has 1 fully saturated rings. The predicted octanol–water partition coefficient (Wildman–Crippen LogP) is 0.611. The fourth-order valence-corrected chi connectivity index (χ4v) is 4.15.